The monoisotopic (exact) mass is 284 g/mol. The summed E-state index contributed by atoms with van der Waals surface area (Å²) in [5.74, 6) is 0. The molecule has 18 heavy (non-hydrogen) atoms. The minimum absolute atomic E-state index is 0.719. The number of nitrogens with one attached hydrogen (secondary N) is 1. The average Bonchev–Trinajstić information content (AvgIpc) is 2.75. The Balaban J connectivity index is 1.81. The first kappa shape index (κ1) is 13.6. The summed E-state index contributed by atoms with van der Waals surface area (Å²) in [6, 6.07) is 5.77. The number of anilines is 1. The SMILES string of the molecule is CCCCOCCNc1nc2cc(Cl)ccc2s1. The van der Waals surface area contributed by atoms with Crippen LogP contribution < -0.4 is 5.32 Å². The molecule has 0 aliphatic rings. The van der Waals surface area contributed by atoms with Crippen molar-refractivity contribution < 1.29 is 4.74 Å². The maximum Gasteiger partial charge on any atom is 0.183 e. The minimum atomic E-state index is 0.719. The Bertz CT molecular complexity index is 501. The molecular formula is C13H17ClN2OS. The fourth-order valence-corrected chi connectivity index (χ4v) is 2.59. The molecule has 0 atom stereocenters. The van der Waals surface area contributed by atoms with Gasteiger partial charge < -0.3 is 10.1 Å². The number of rotatable bonds is 7. The van der Waals surface area contributed by atoms with Gasteiger partial charge in [0, 0.05) is 18.2 Å². The number of hydrogen-bond donors (Lipinski definition) is 1. The molecule has 0 unspecified atom stereocenters. The van der Waals surface area contributed by atoms with E-state index < -0.39 is 0 Å². The predicted molar refractivity (Wildman–Crippen MR) is 78.8 cm³/mol. The van der Waals surface area contributed by atoms with Gasteiger partial charge in [-0.1, -0.05) is 36.3 Å². The third-order valence-electron chi connectivity index (χ3n) is 2.51. The Morgan fingerprint density at radius 1 is 1.39 bits per heavy atom. The van der Waals surface area contributed by atoms with Crippen LogP contribution in [0.4, 0.5) is 5.13 Å². The van der Waals surface area contributed by atoms with Crippen LogP contribution in [-0.4, -0.2) is 24.7 Å². The van der Waals surface area contributed by atoms with Crippen LogP contribution in [0.25, 0.3) is 10.2 Å². The summed E-state index contributed by atoms with van der Waals surface area (Å²) in [6.07, 6.45) is 2.30. The Morgan fingerprint density at radius 2 is 2.28 bits per heavy atom. The van der Waals surface area contributed by atoms with E-state index in [1.54, 1.807) is 11.3 Å². The molecule has 2 rings (SSSR count). The van der Waals surface area contributed by atoms with Gasteiger partial charge in [0.15, 0.2) is 5.13 Å². The van der Waals surface area contributed by atoms with Crippen molar-refractivity contribution in [3.05, 3.63) is 23.2 Å². The average molecular weight is 285 g/mol. The molecular weight excluding hydrogens is 268 g/mol. The fraction of sp³-hybridized carbons (Fsp3) is 0.462. The molecule has 5 heteroatoms. The van der Waals surface area contributed by atoms with Crippen molar-refractivity contribution in [3.8, 4) is 0 Å². The number of aromatic nitrogens is 1. The zero-order valence-corrected chi connectivity index (χ0v) is 12.0. The van der Waals surface area contributed by atoms with Crippen LogP contribution in [0.1, 0.15) is 19.8 Å². The minimum Gasteiger partial charge on any atom is -0.380 e. The molecule has 0 saturated carbocycles. The van der Waals surface area contributed by atoms with Crippen molar-refractivity contribution in [3.63, 3.8) is 0 Å². The molecule has 1 aromatic carbocycles. The summed E-state index contributed by atoms with van der Waals surface area (Å²) in [4.78, 5) is 4.47. The van der Waals surface area contributed by atoms with Crippen LogP contribution in [-0.2, 0) is 4.74 Å². The Hall–Kier alpha value is -0.840. The highest BCUT2D eigenvalue weighted by atomic mass is 35.5. The number of hydrogen-bond acceptors (Lipinski definition) is 4. The maximum atomic E-state index is 5.93. The third kappa shape index (κ3) is 3.83. The van der Waals surface area contributed by atoms with Gasteiger partial charge >= 0.3 is 0 Å². The summed E-state index contributed by atoms with van der Waals surface area (Å²) >= 11 is 7.57. The molecule has 0 saturated heterocycles. The van der Waals surface area contributed by atoms with E-state index in [-0.39, 0.29) is 0 Å². The van der Waals surface area contributed by atoms with Gasteiger partial charge in [-0.15, -0.1) is 0 Å². The lowest BCUT2D eigenvalue weighted by molar-refractivity contribution is 0.141. The van der Waals surface area contributed by atoms with Crippen LogP contribution in [0.15, 0.2) is 18.2 Å². The fourth-order valence-electron chi connectivity index (χ4n) is 1.55. The van der Waals surface area contributed by atoms with E-state index in [1.165, 1.54) is 6.42 Å². The lowest BCUT2D eigenvalue weighted by Crippen LogP contribution is -2.09. The number of thiazole rings is 1. The number of nitrogens with zero attached hydrogens (tertiary/aromatic N) is 1. The summed E-state index contributed by atoms with van der Waals surface area (Å²) in [7, 11) is 0. The predicted octanol–water partition coefficient (Wildman–Crippen LogP) is 4.18. The molecule has 1 aromatic heterocycles. The van der Waals surface area contributed by atoms with Crippen LogP contribution >= 0.6 is 22.9 Å². The summed E-state index contributed by atoms with van der Waals surface area (Å²) in [5, 5.41) is 4.92. The van der Waals surface area contributed by atoms with Crippen molar-refractivity contribution in [2.75, 3.05) is 25.1 Å². The first-order chi connectivity index (χ1) is 8.79. The maximum absolute atomic E-state index is 5.93. The van der Waals surface area contributed by atoms with E-state index in [1.807, 2.05) is 18.2 Å². The molecule has 2 aromatic rings. The number of ether oxygens (including phenoxy) is 1. The van der Waals surface area contributed by atoms with E-state index in [0.29, 0.717) is 0 Å². The zero-order chi connectivity index (χ0) is 12.8. The van der Waals surface area contributed by atoms with E-state index >= 15 is 0 Å². The molecule has 0 bridgehead atoms. The summed E-state index contributed by atoms with van der Waals surface area (Å²) < 4.78 is 6.63. The Kier molecular flexibility index (Phi) is 5.23. The van der Waals surface area contributed by atoms with Crippen LogP contribution in [0.2, 0.25) is 5.02 Å². The molecule has 1 N–H and O–H groups in total. The van der Waals surface area contributed by atoms with E-state index in [9.17, 15) is 0 Å². The molecule has 98 valence electrons. The summed E-state index contributed by atoms with van der Waals surface area (Å²) in [6.45, 7) is 4.51. The molecule has 0 aliphatic heterocycles. The van der Waals surface area contributed by atoms with Gasteiger partial charge in [-0.3, -0.25) is 0 Å². The lowest BCUT2D eigenvalue weighted by Gasteiger charge is -2.03. The molecule has 3 nitrogen and oxygen atoms in total. The van der Waals surface area contributed by atoms with Crippen LogP contribution in [0, 0.1) is 0 Å². The lowest BCUT2D eigenvalue weighted by atomic mass is 10.3. The molecule has 0 aliphatic carbocycles. The summed E-state index contributed by atoms with van der Waals surface area (Å²) in [5.41, 5.74) is 0.946. The Labute approximate surface area is 116 Å². The molecule has 0 spiro atoms. The van der Waals surface area contributed by atoms with Crippen molar-refractivity contribution >= 4 is 38.3 Å². The van der Waals surface area contributed by atoms with Gasteiger partial charge in [0.2, 0.25) is 0 Å². The highest BCUT2D eigenvalue weighted by molar-refractivity contribution is 7.22. The Morgan fingerprint density at radius 3 is 3.11 bits per heavy atom. The largest absolute Gasteiger partial charge is 0.380 e. The van der Waals surface area contributed by atoms with Gasteiger partial charge in [0.05, 0.1) is 16.8 Å². The quantitative estimate of drug-likeness (QED) is 0.775. The van der Waals surface area contributed by atoms with E-state index in [0.717, 1.165) is 46.6 Å². The molecule has 1 heterocycles. The first-order valence-corrected chi connectivity index (χ1v) is 7.36. The van der Waals surface area contributed by atoms with Crippen LogP contribution in [0.5, 0.6) is 0 Å². The second kappa shape index (κ2) is 6.92. The highest BCUT2D eigenvalue weighted by Crippen LogP contribution is 2.27. The van der Waals surface area contributed by atoms with Crippen molar-refractivity contribution in [1.29, 1.82) is 0 Å². The first-order valence-electron chi connectivity index (χ1n) is 6.17. The van der Waals surface area contributed by atoms with E-state index in [4.69, 9.17) is 16.3 Å². The molecule has 0 radical (unpaired) electrons. The van der Waals surface area contributed by atoms with Gasteiger partial charge in [-0.25, -0.2) is 4.98 Å². The van der Waals surface area contributed by atoms with Crippen molar-refractivity contribution in [1.82, 2.24) is 4.98 Å². The van der Waals surface area contributed by atoms with Gasteiger partial charge in [0.1, 0.15) is 0 Å². The number of unbranched alkanes of at least 4 members (excludes halogenated alkanes) is 1. The molecule has 0 fully saturated rings. The van der Waals surface area contributed by atoms with Crippen LogP contribution in [0.3, 0.4) is 0 Å². The normalized spacial score (nSPS) is 11.0. The second-order valence-electron chi connectivity index (χ2n) is 4.02. The number of halogens is 1. The van der Waals surface area contributed by atoms with Crippen molar-refractivity contribution in [2.45, 2.75) is 19.8 Å². The van der Waals surface area contributed by atoms with E-state index in [2.05, 4.69) is 17.2 Å². The third-order valence-corrected chi connectivity index (χ3v) is 3.74. The number of fused-ring (bicyclic) bond motifs is 1. The smallest absolute Gasteiger partial charge is 0.183 e. The topological polar surface area (TPSA) is 34.1 Å². The zero-order valence-electron chi connectivity index (χ0n) is 10.4. The van der Waals surface area contributed by atoms with Gasteiger partial charge in [-0.2, -0.15) is 0 Å². The van der Waals surface area contributed by atoms with Gasteiger partial charge in [-0.05, 0) is 24.6 Å². The van der Waals surface area contributed by atoms with Crippen molar-refractivity contribution in [2.24, 2.45) is 0 Å². The molecule has 0 amide bonds. The number of benzene rings is 1. The second-order valence-corrected chi connectivity index (χ2v) is 5.49. The standard InChI is InChI=1S/C13H17ClN2OS/c1-2-3-7-17-8-6-15-13-16-11-9-10(14)4-5-12(11)18-13/h4-5,9H,2-3,6-8H2,1H3,(H,15,16). The van der Waals surface area contributed by atoms with Gasteiger partial charge in [0.25, 0.3) is 0 Å². The highest BCUT2D eigenvalue weighted by Gasteiger charge is 2.03.